The number of ether oxygens (including phenoxy) is 2. The maximum atomic E-state index is 10.7. The molecule has 0 aromatic heterocycles. The molecular formula is C11H18N2O3S. The van der Waals surface area contributed by atoms with E-state index in [0.717, 1.165) is 18.0 Å². The molecule has 0 amide bonds. The van der Waals surface area contributed by atoms with Gasteiger partial charge in [0.05, 0.1) is 12.1 Å². The summed E-state index contributed by atoms with van der Waals surface area (Å²) in [6, 6.07) is 0.256. The minimum atomic E-state index is -0.250. The summed E-state index contributed by atoms with van der Waals surface area (Å²) in [5, 5.41) is 1.02. The second kappa shape index (κ2) is 5.27. The fourth-order valence-corrected chi connectivity index (χ4v) is 3.08. The van der Waals surface area contributed by atoms with E-state index in [1.54, 1.807) is 11.8 Å². The number of rotatable bonds is 2. The average Bonchev–Trinajstić information content (AvgIpc) is 2.69. The zero-order chi connectivity index (χ0) is 12.4. The quantitative estimate of drug-likeness (QED) is 0.694. The molecule has 0 bridgehead atoms. The Morgan fingerprint density at radius 1 is 1.59 bits per heavy atom. The lowest BCUT2D eigenvalue weighted by Crippen LogP contribution is -2.36. The Morgan fingerprint density at radius 3 is 3.00 bits per heavy atom. The third kappa shape index (κ3) is 3.13. The van der Waals surface area contributed by atoms with Gasteiger partial charge < -0.3 is 14.4 Å². The van der Waals surface area contributed by atoms with Gasteiger partial charge in [0.2, 0.25) is 0 Å². The molecule has 0 saturated carbocycles. The van der Waals surface area contributed by atoms with Gasteiger partial charge in [-0.2, -0.15) is 0 Å². The molecule has 5 nitrogen and oxygen atoms in total. The largest absolute Gasteiger partial charge is 0.463 e. The predicted molar refractivity (Wildman–Crippen MR) is 67.0 cm³/mol. The standard InChI is InChI=1S/C11H18N2O3S/c1-7(14)15-6-8-4-5-9-10(16-8)17-11(12-9)13(2)3/h8-10H,4-6H2,1-3H3. The molecule has 3 atom stereocenters. The van der Waals surface area contributed by atoms with Gasteiger partial charge in [-0.15, -0.1) is 0 Å². The van der Waals surface area contributed by atoms with Gasteiger partial charge in [0.1, 0.15) is 12.0 Å². The topological polar surface area (TPSA) is 51.1 Å². The summed E-state index contributed by atoms with van der Waals surface area (Å²) >= 11 is 1.65. The lowest BCUT2D eigenvalue weighted by molar-refractivity contribution is -0.147. The van der Waals surface area contributed by atoms with Gasteiger partial charge in [0.15, 0.2) is 5.17 Å². The van der Waals surface area contributed by atoms with E-state index < -0.39 is 0 Å². The highest BCUT2D eigenvalue weighted by molar-refractivity contribution is 8.14. The number of carbonyl (C=O) groups is 1. The van der Waals surface area contributed by atoms with Gasteiger partial charge >= 0.3 is 5.97 Å². The Hall–Kier alpha value is -0.750. The zero-order valence-corrected chi connectivity index (χ0v) is 11.2. The van der Waals surface area contributed by atoms with Crippen LogP contribution in [-0.2, 0) is 14.3 Å². The molecule has 2 aliphatic heterocycles. The lowest BCUT2D eigenvalue weighted by atomic mass is 10.1. The van der Waals surface area contributed by atoms with Gasteiger partial charge in [0, 0.05) is 21.0 Å². The molecule has 2 rings (SSSR count). The number of carbonyl (C=O) groups excluding carboxylic acids is 1. The molecule has 1 saturated heterocycles. The molecule has 3 unspecified atom stereocenters. The van der Waals surface area contributed by atoms with Crippen molar-refractivity contribution < 1.29 is 14.3 Å². The van der Waals surface area contributed by atoms with E-state index in [1.165, 1.54) is 6.92 Å². The summed E-state index contributed by atoms with van der Waals surface area (Å²) in [7, 11) is 3.97. The van der Waals surface area contributed by atoms with Crippen LogP contribution in [0.25, 0.3) is 0 Å². The molecule has 6 heteroatoms. The Balaban J connectivity index is 1.84. The second-order valence-corrected chi connectivity index (χ2v) is 5.56. The molecular weight excluding hydrogens is 240 g/mol. The molecule has 0 radical (unpaired) electrons. The van der Waals surface area contributed by atoms with Crippen LogP contribution in [0.3, 0.4) is 0 Å². The van der Waals surface area contributed by atoms with Crippen molar-refractivity contribution in [2.45, 2.75) is 37.3 Å². The highest BCUT2D eigenvalue weighted by Gasteiger charge is 2.37. The van der Waals surface area contributed by atoms with Crippen LogP contribution in [0.1, 0.15) is 19.8 Å². The first-order valence-electron chi connectivity index (χ1n) is 5.77. The van der Waals surface area contributed by atoms with Crippen molar-refractivity contribution in [2.75, 3.05) is 20.7 Å². The molecule has 0 aromatic rings. The van der Waals surface area contributed by atoms with Crippen LogP contribution in [-0.4, -0.2) is 54.3 Å². The second-order valence-electron chi connectivity index (χ2n) is 4.50. The van der Waals surface area contributed by atoms with E-state index in [4.69, 9.17) is 9.47 Å². The Labute approximate surface area is 106 Å². The number of nitrogens with zero attached hydrogens (tertiary/aromatic N) is 2. The third-order valence-corrected chi connectivity index (χ3v) is 4.12. The van der Waals surface area contributed by atoms with Gasteiger partial charge in [-0.1, -0.05) is 11.8 Å². The molecule has 17 heavy (non-hydrogen) atoms. The van der Waals surface area contributed by atoms with E-state index in [-0.39, 0.29) is 23.6 Å². The minimum absolute atomic E-state index is 0.0179. The van der Waals surface area contributed by atoms with Crippen molar-refractivity contribution in [3.63, 3.8) is 0 Å². The van der Waals surface area contributed by atoms with E-state index >= 15 is 0 Å². The molecule has 96 valence electrons. The first-order chi connectivity index (χ1) is 8.06. The molecule has 0 aromatic carbocycles. The first-order valence-corrected chi connectivity index (χ1v) is 6.65. The Kier molecular flexibility index (Phi) is 3.93. The SMILES string of the molecule is CC(=O)OCC1CCC2N=C(N(C)C)SC2O1. The number of hydrogen-bond donors (Lipinski definition) is 0. The van der Waals surface area contributed by atoms with Gasteiger partial charge in [-0.3, -0.25) is 9.79 Å². The molecule has 2 aliphatic rings. The van der Waals surface area contributed by atoms with Crippen molar-refractivity contribution >= 4 is 22.9 Å². The van der Waals surface area contributed by atoms with Crippen molar-refractivity contribution in [1.29, 1.82) is 0 Å². The highest BCUT2D eigenvalue weighted by Crippen LogP contribution is 2.36. The van der Waals surface area contributed by atoms with Gasteiger partial charge in [0.25, 0.3) is 0 Å². The fourth-order valence-electron chi connectivity index (χ4n) is 1.90. The zero-order valence-electron chi connectivity index (χ0n) is 10.4. The molecule has 0 aliphatic carbocycles. The number of esters is 1. The maximum absolute atomic E-state index is 10.7. The maximum Gasteiger partial charge on any atom is 0.302 e. The highest BCUT2D eigenvalue weighted by atomic mass is 32.2. The van der Waals surface area contributed by atoms with Crippen LogP contribution in [0.5, 0.6) is 0 Å². The molecule has 0 spiro atoms. The average molecular weight is 258 g/mol. The van der Waals surface area contributed by atoms with Crippen molar-refractivity contribution in [3.8, 4) is 0 Å². The summed E-state index contributed by atoms with van der Waals surface area (Å²) in [5.74, 6) is -0.250. The fraction of sp³-hybridized carbons (Fsp3) is 0.818. The van der Waals surface area contributed by atoms with Crippen LogP contribution in [0, 0.1) is 0 Å². The summed E-state index contributed by atoms with van der Waals surface area (Å²) in [6.07, 6.45) is 1.92. The van der Waals surface area contributed by atoms with Crippen LogP contribution >= 0.6 is 11.8 Å². The van der Waals surface area contributed by atoms with Crippen LogP contribution in [0.2, 0.25) is 0 Å². The van der Waals surface area contributed by atoms with E-state index in [1.807, 2.05) is 19.0 Å². The smallest absolute Gasteiger partial charge is 0.302 e. The number of aliphatic imine (C=N–C) groups is 1. The van der Waals surface area contributed by atoms with E-state index in [9.17, 15) is 4.79 Å². The van der Waals surface area contributed by atoms with Crippen LogP contribution < -0.4 is 0 Å². The summed E-state index contributed by atoms with van der Waals surface area (Å²) < 4.78 is 10.9. The Morgan fingerprint density at radius 2 is 2.35 bits per heavy atom. The van der Waals surface area contributed by atoms with Crippen molar-refractivity contribution in [3.05, 3.63) is 0 Å². The predicted octanol–water partition coefficient (Wildman–Crippen LogP) is 1.09. The number of fused-ring (bicyclic) bond motifs is 1. The molecule has 0 N–H and O–H groups in total. The van der Waals surface area contributed by atoms with E-state index in [2.05, 4.69) is 4.99 Å². The van der Waals surface area contributed by atoms with Gasteiger partial charge in [-0.25, -0.2) is 0 Å². The van der Waals surface area contributed by atoms with E-state index in [0.29, 0.717) is 6.61 Å². The number of amidine groups is 1. The number of thioether (sulfide) groups is 1. The van der Waals surface area contributed by atoms with Crippen molar-refractivity contribution in [1.82, 2.24) is 4.90 Å². The Bertz CT molecular complexity index is 333. The number of hydrogen-bond acceptors (Lipinski definition) is 6. The van der Waals surface area contributed by atoms with Crippen LogP contribution in [0.15, 0.2) is 4.99 Å². The lowest BCUT2D eigenvalue weighted by Gasteiger charge is -2.30. The van der Waals surface area contributed by atoms with Crippen molar-refractivity contribution in [2.24, 2.45) is 4.99 Å². The minimum Gasteiger partial charge on any atom is -0.463 e. The molecule has 1 fully saturated rings. The monoisotopic (exact) mass is 258 g/mol. The summed E-state index contributed by atoms with van der Waals surface area (Å²) in [5.41, 5.74) is 0.0849. The third-order valence-electron chi connectivity index (χ3n) is 2.78. The normalized spacial score (nSPS) is 31.7. The summed E-state index contributed by atoms with van der Waals surface area (Å²) in [6.45, 7) is 1.78. The first kappa shape index (κ1) is 12.7. The van der Waals surface area contributed by atoms with Gasteiger partial charge in [-0.05, 0) is 12.8 Å². The summed E-state index contributed by atoms with van der Waals surface area (Å²) in [4.78, 5) is 17.4. The molecule has 2 heterocycles. The van der Waals surface area contributed by atoms with Crippen LogP contribution in [0.4, 0.5) is 0 Å².